The summed E-state index contributed by atoms with van der Waals surface area (Å²) in [7, 11) is 1.41. The molecule has 0 radical (unpaired) electrons. The fourth-order valence-corrected chi connectivity index (χ4v) is 1.85. The van der Waals surface area contributed by atoms with Crippen LogP contribution in [0, 0.1) is 0 Å². The molecule has 3 heteroatoms. The Balaban J connectivity index is 0.00000128. The molecule has 0 aliphatic heterocycles. The Morgan fingerprint density at radius 1 is 1.38 bits per heavy atom. The lowest BCUT2D eigenvalue weighted by Crippen LogP contribution is -2.02. The van der Waals surface area contributed by atoms with Gasteiger partial charge in [-0.05, 0) is 42.5 Å². The number of allylic oxidation sites excluding steroid dienone is 1. The van der Waals surface area contributed by atoms with Crippen LogP contribution < -0.4 is 0 Å². The van der Waals surface area contributed by atoms with Crippen LogP contribution in [-0.4, -0.2) is 13.1 Å². The van der Waals surface area contributed by atoms with Gasteiger partial charge in [0.1, 0.15) is 0 Å². The Morgan fingerprint density at radius 2 is 2.19 bits per heavy atom. The van der Waals surface area contributed by atoms with Gasteiger partial charge in [0.05, 0.1) is 12.7 Å². The molecule has 0 N–H and O–H groups in total. The van der Waals surface area contributed by atoms with Gasteiger partial charge in [-0.25, -0.2) is 4.79 Å². The van der Waals surface area contributed by atoms with Crippen molar-refractivity contribution in [1.82, 2.24) is 0 Å². The number of carbonyl (C=O) groups excluding carboxylic acids is 1. The van der Waals surface area contributed by atoms with E-state index in [1.165, 1.54) is 18.2 Å². The van der Waals surface area contributed by atoms with Gasteiger partial charge in [0.15, 0.2) is 0 Å². The Labute approximate surface area is 106 Å². The molecule has 16 heavy (non-hydrogen) atoms. The molecule has 1 aliphatic rings. The van der Waals surface area contributed by atoms with Gasteiger partial charge in [0.2, 0.25) is 0 Å². The quantitative estimate of drug-likeness (QED) is 0.738. The Bertz CT molecular complexity index is 410. The molecule has 86 valence electrons. The first-order valence-electron chi connectivity index (χ1n) is 5.19. The summed E-state index contributed by atoms with van der Waals surface area (Å²) >= 11 is 0. The van der Waals surface area contributed by atoms with E-state index in [0.29, 0.717) is 5.56 Å². The van der Waals surface area contributed by atoms with Crippen molar-refractivity contribution in [2.24, 2.45) is 0 Å². The molecule has 0 aromatic heterocycles. The molecular weight excluding hydrogens is 268 g/mol. The second kappa shape index (κ2) is 5.85. The second-order valence-electron chi connectivity index (χ2n) is 3.70. The van der Waals surface area contributed by atoms with Crippen LogP contribution in [0.1, 0.15) is 34.3 Å². The lowest BCUT2D eigenvalue weighted by atomic mass is 10.0. The van der Waals surface area contributed by atoms with Crippen molar-refractivity contribution in [2.45, 2.75) is 19.3 Å². The average molecular weight is 283 g/mol. The fourth-order valence-electron chi connectivity index (χ4n) is 1.85. The summed E-state index contributed by atoms with van der Waals surface area (Å²) in [5.41, 5.74) is 3.11. The number of hydrogen-bond acceptors (Lipinski definition) is 2. The molecule has 1 aromatic rings. The number of hydrogen-bond donors (Lipinski definition) is 0. The summed E-state index contributed by atoms with van der Waals surface area (Å²) in [6.45, 7) is 0. The van der Waals surface area contributed by atoms with Crippen LogP contribution in [0.5, 0.6) is 0 Å². The molecule has 2 nitrogen and oxygen atoms in total. The predicted octanol–water partition coefficient (Wildman–Crippen LogP) is 3.40. The zero-order valence-corrected chi connectivity index (χ0v) is 10.9. The molecule has 0 saturated heterocycles. The topological polar surface area (TPSA) is 26.3 Å². The summed E-state index contributed by atoms with van der Waals surface area (Å²) in [5.74, 6) is -0.258. The van der Waals surface area contributed by atoms with E-state index in [0.717, 1.165) is 19.3 Å². The highest BCUT2D eigenvalue weighted by molar-refractivity contribution is 8.93. The number of halogens is 1. The largest absolute Gasteiger partial charge is 0.465 e. The maximum absolute atomic E-state index is 11.3. The highest BCUT2D eigenvalue weighted by Gasteiger charge is 2.09. The van der Waals surface area contributed by atoms with E-state index in [1.54, 1.807) is 0 Å². The Morgan fingerprint density at radius 3 is 2.94 bits per heavy atom. The van der Waals surface area contributed by atoms with Crippen LogP contribution >= 0.6 is 17.0 Å². The van der Waals surface area contributed by atoms with E-state index >= 15 is 0 Å². The number of carbonyl (C=O) groups is 1. The summed E-state index contributed by atoms with van der Waals surface area (Å²) in [6.07, 6.45) is 7.61. The van der Waals surface area contributed by atoms with Crippen LogP contribution in [0.4, 0.5) is 0 Å². The number of ether oxygens (including phenoxy) is 1. The molecule has 0 fully saturated rings. The Hall–Kier alpha value is -1.09. The average Bonchev–Trinajstić information content (AvgIpc) is 2.51. The van der Waals surface area contributed by atoms with Crippen LogP contribution in [0.25, 0.3) is 6.08 Å². The van der Waals surface area contributed by atoms with Crippen LogP contribution in [0.2, 0.25) is 0 Å². The number of fused-ring (bicyclic) bond motifs is 1. The van der Waals surface area contributed by atoms with E-state index in [1.807, 2.05) is 18.2 Å². The first kappa shape index (κ1) is 13.0. The molecule has 0 atom stereocenters. The Kier molecular flexibility index (Phi) is 4.74. The number of esters is 1. The van der Waals surface area contributed by atoms with E-state index < -0.39 is 0 Å². The second-order valence-corrected chi connectivity index (χ2v) is 3.70. The van der Waals surface area contributed by atoms with Gasteiger partial charge in [0, 0.05) is 0 Å². The van der Waals surface area contributed by atoms with Crippen molar-refractivity contribution in [2.75, 3.05) is 7.11 Å². The van der Waals surface area contributed by atoms with Gasteiger partial charge < -0.3 is 4.74 Å². The van der Waals surface area contributed by atoms with Gasteiger partial charge in [-0.3, -0.25) is 0 Å². The van der Waals surface area contributed by atoms with Gasteiger partial charge in [-0.2, -0.15) is 0 Å². The van der Waals surface area contributed by atoms with Crippen LogP contribution in [-0.2, 0) is 11.2 Å². The summed E-state index contributed by atoms with van der Waals surface area (Å²) < 4.78 is 4.70. The molecule has 0 amide bonds. The van der Waals surface area contributed by atoms with Crippen molar-refractivity contribution in [3.8, 4) is 0 Å². The third-order valence-electron chi connectivity index (χ3n) is 2.68. The van der Waals surface area contributed by atoms with Gasteiger partial charge >= 0.3 is 5.97 Å². The lowest BCUT2D eigenvalue weighted by Gasteiger charge is -2.06. The minimum atomic E-state index is -0.258. The normalized spacial score (nSPS) is 13.3. The number of methoxy groups -OCH3 is 1. The fraction of sp³-hybridized carbons (Fsp3) is 0.308. The molecule has 0 spiro atoms. The lowest BCUT2D eigenvalue weighted by molar-refractivity contribution is 0.0600. The van der Waals surface area contributed by atoms with E-state index in [2.05, 4.69) is 12.2 Å². The predicted molar refractivity (Wildman–Crippen MR) is 70.1 cm³/mol. The smallest absolute Gasteiger partial charge is 0.337 e. The molecule has 2 rings (SSSR count). The third-order valence-corrected chi connectivity index (χ3v) is 2.68. The SMILES string of the molecule is Br.COC(=O)c1ccc2c(c1)CCCC=C2. The zero-order chi connectivity index (χ0) is 10.7. The van der Waals surface area contributed by atoms with Crippen LogP contribution in [0.15, 0.2) is 24.3 Å². The highest BCUT2D eigenvalue weighted by Crippen LogP contribution is 2.20. The molecule has 1 aromatic carbocycles. The number of aryl methyl sites for hydroxylation is 1. The molecule has 0 bridgehead atoms. The van der Waals surface area contributed by atoms with E-state index in [9.17, 15) is 4.79 Å². The minimum Gasteiger partial charge on any atom is -0.465 e. The van der Waals surface area contributed by atoms with Gasteiger partial charge in [-0.1, -0.05) is 18.2 Å². The molecule has 0 heterocycles. The molecule has 0 unspecified atom stereocenters. The van der Waals surface area contributed by atoms with E-state index in [4.69, 9.17) is 4.74 Å². The summed E-state index contributed by atoms with van der Waals surface area (Å²) in [6, 6.07) is 5.75. The standard InChI is InChI=1S/C13H14O2.BrH/c1-15-13(14)12-8-7-10-5-3-2-4-6-11(10)9-12;/h3,5,7-9H,2,4,6H2,1H3;1H. The van der Waals surface area contributed by atoms with Crippen molar-refractivity contribution >= 4 is 29.0 Å². The highest BCUT2D eigenvalue weighted by atomic mass is 79.9. The maximum Gasteiger partial charge on any atom is 0.337 e. The van der Waals surface area contributed by atoms with Gasteiger partial charge in [-0.15, -0.1) is 17.0 Å². The zero-order valence-electron chi connectivity index (χ0n) is 9.23. The number of rotatable bonds is 1. The maximum atomic E-state index is 11.3. The van der Waals surface area contributed by atoms with Crippen molar-refractivity contribution in [1.29, 1.82) is 0 Å². The summed E-state index contributed by atoms with van der Waals surface area (Å²) in [5, 5.41) is 0. The van der Waals surface area contributed by atoms with Crippen LogP contribution in [0.3, 0.4) is 0 Å². The van der Waals surface area contributed by atoms with Crippen molar-refractivity contribution < 1.29 is 9.53 Å². The summed E-state index contributed by atoms with van der Waals surface area (Å²) in [4.78, 5) is 11.3. The first-order valence-corrected chi connectivity index (χ1v) is 5.19. The van der Waals surface area contributed by atoms with Crippen molar-refractivity contribution in [3.63, 3.8) is 0 Å². The monoisotopic (exact) mass is 282 g/mol. The third kappa shape index (κ3) is 2.73. The van der Waals surface area contributed by atoms with Crippen molar-refractivity contribution in [3.05, 3.63) is 41.0 Å². The van der Waals surface area contributed by atoms with E-state index in [-0.39, 0.29) is 23.0 Å². The first-order chi connectivity index (χ1) is 7.31. The molecule has 1 aliphatic carbocycles. The molecular formula is C13H15BrO2. The minimum absolute atomic E-state index is 0. The molecule has 0 saturated carbocycles. The number of benzene rings is 1. The van der Waals surface area contributed by atoms with Gasteiger partial charge in [0.25, 0.3) is 0 Å².